The molecular weight excluding hydrogens is 218 g/mol. The van der Waals surface area contributed by atoms with Gasteiger partial charge in [0.05, 0.1) is 17.2 Å². The molecule has 0 aromatic carbocycles. The second-order valence-electron chi connectivity index (χ2n) is 3.71. The summed E-state index contributed by atoms with van der Waals surface area (Å²) >= 11 is 0. The van der Waals surface area contributed by atoms with Gasteiger partial charge >= 0.3 is 0 Å². The van der Waals surface area contributed by atoms with Crippen molar-refractivity contribution in [2.24, 2.45) is 0 Å². The van der Waals surface area contributed by atoms with E-state index in [1.165, 1.54) is 6.20 Å². The lowest BCUT2D eigenvalue weighted by Crippen LogP contribution is -2.18. The summed E-state index contributed by atoms with van der Waals surface area (Å²) < 4.78 is 28.2. The largest absolute Gasteiger partial charge is 0.443 e. The van der Waals surface area contributed by atoms with Gasteiger partial charge in [-0.2, -0.15) is 0 Å². The van der Waals surface area contributed by atoms with Crippen molar-refractivity contribution >= 4 is 9.84 Å². The number of hydrogen-bond donors (Lipinski definition) is 1. The van der Waals surface area contributed by atoms with Crippen LogP contribution in [-0.2, 0) is 22.9 Å². The molecule has 0 saturated carbocycles. The third-order valence-corrected chi connectivity index (χ3v) is 4.90. The van der Waals surface area contributed by atoms with Crippen LogP contribution in [0.15, 0.2) is 10.6 Å². The number of aliphatic hydroxyl groups is 1. The molecule has 0 radical (unpaired) electrons. The normalized spacial score (nSPS) is 24.5. The summed E-state index contributed by atoms with van der Waals surface area (Å²) in [5.41, 5.74) is 0. The van der Waals surface area contributed by atoms with Gasteiger partial charge in [-0.1, -0.05) is 0 Å². The van der Waals surface area contributed by atoms with Crippen molar-refractivity contribution in [3.05, 3.63) is 17.8 Å². The van der Waals surface area contributed by atoms with Crippen LogP contribution in [0.3, 0.4) is 0 Å². The molecule has 1 aromatic rings. The van der Waals surface area contributed by atoms with Crippen LogP contribution >= 0.6 is 0 Å². The van der Waals surface area contributed by atoms with Crippen molar-refractivity contribution in [3.63, 3.8) is 0 Å². The first kappa shape index (κ1) is 10.6. The van der Waals surface area contributed by atoms with Gasteiger partial charge in [0.2, 0.25) is 0 Å². The van der Waals surface area contributed by atoms with Crippen LogP contribution in [0.1, 0.15) is 24.5 Å². The zero-order valence-corrected chi connectivity index (χ0v) is 9.03. The molecule has 5 nitrogen and oxygen atoms in total. The van der Waals surface area contributed by atoms with Crippen LogP contribution in [0, 0.1) is 0 Å². The Labute approximate surface area is 88.0 Å². The SMILES string of the molecule is O=S1(=O)CCCC1Cc1ncc(CO)o1. The Balaban J connectivity index is 2.09. The predicted molar refractivity (Wildman–Crippen MR) is 52.9 cm³/mol. The highest BCUT2D eigenvalue weighted by Crippen LogP contribution is 2.23. The lowest BCUT2D eigenvalue weighted by molar-refractivity contribution is 0.243. The van der Waals surface area contributed by atoms with Crippen molar-refractivity contribution in [2.75, 3.05) is 5.75 Å². The highest BCUT2D eigenvalue weighted by Gasteiger charge is 2.32. The lowest BCUT2D eigenvalue weighted by Gasteiger charge is -2.05. The number of aliphatic hydroxyl groups excluding tert-OH is 1. The molecule has 1 fully saturated rings. The van der Waals surface area contributed by atoms with Crippen LogP contribution in [0.2, 0.25) is 0 Å². The lowest BCUT2D eigenvalue weighted by atomic mass is 10.2. The Morgan fingerprint density at radius 3 is 2.93 bits per heavy atom. The number of nitrogens with zero attached hydrogens (tertiary/aromatic N) is 1. The molecule has 1 N–H and O–H groups in total. The van der Waals surface area contributed by atoms with Crippen LogP contribution in [0.25, 0.3) is 0 Å². The van der Waals surface area contributed by atoms with Gasteiger partial charge < -0.3 is 9.52 Å². The van der Waals surface area contributed by atoms with Gasteiger partial charge in [-0.3, -0.25) is 0 Å². The summed E-state index contributed by atoms with van der Waals surface area (Å²) in [4.78, 5) is 3.92. The van der Waals surface area contributed by atoms with Gasteiger partial charge in [0.25, 0.3) is 0 Å². The number of aromatic nitrogens is 1. The van der Waals surface area contributed by atoms with Gasteiger partial charge in [-0.05, 0) is 12.8 Å². The van der Waals surface area contributed by atoms with Crippen LogP contribution < -0.4 is 0 Å². The summed E-state index contributed by atoms with van der Waals surface area (Å²) in [5, 5.41) is 8.40. The Kier molecular flexibility index (Phi) is 2.79. The number of rotatable bonds is 3. The summed E-state index contributed by atoms with van der Waals surface area (Å²) in [6.07, 6.45) is 3.15. The topological polar surface area (TPSA) is 80.4 Å². The Bertz CT molecular complexity index is 437. The number of hydrogen-bond acceptors (Lipinski definition) is 5. The molecule has 1 atom stereocenters. The van der Waals surface area contributed by atoms with E-state index in [1.807, 2.05) is 0 Å². The minimum atomic E-state index is -2.95. The average Bonchev–Trinajstić information content (AvgIpc) is 2.75. The molecule has 0 spiro atoms. The summed E-state index contributed by atoms with van der Waals surface area (Å²) in [5.74, 6) is 1.04. The fraction of sp³-hybridized carbons (Fsp3) is 0.667. The molecule has 2 rings (SSSR count). The van der Waals surface area contributed by atoms with Gasteiger partial charge in [-0.15, -0.1) is 0 Å². The predicted octanol–water partition coefficient (Wildman–Crippen LogP) is 0.287. The van der Waals surface area contributed by atoms with E-state index in [9.17, 15) is 8.42 Å². The molecule has 6 heteroatoms. The van der Waals surface area contributed by atoms with Gasteiger partial charge in [0.15, 0.2) is 15.7 Å². The second-order valence-corrected chi connectivity index (χ2v) is 6.11. The van der Waals surface area contributed by atoms with Gasteiger partial charge in [0, 0.05) is 6.42 Å². The first-order valence-electron chi connectivity index (χ1n) is 4.88. The molecule has 1 aromatic heterocycles. The van der Waals surface area contributed by atoms with Crippen LogP contribution in [0.4, 0.5) is 0 Å². The third kappa shape index (κ3) is 2.21. The zero-order chi connectivity index (χ0) is 10.9. The molecule has 0 aliphatic carbocycles. The minimum Gasteiger partial charge on any atom is -0.443 e. The quantitative estimate of drug-likeness (QED) is 0.808. The van der Waals surface area contributed by atoms with Crippen molar-refractivity contribution < 1.29 is 17.9 Å². The van der Waals surface area contributed by atoms with E-state index in [-0.39, 0.29) is 17.6 Å². The molecule has 1 saturated heterocycles. The molecular formula is C9H13NO4S. The van der Waals surface area contributed by atoms with Crippen molar-refractivity contribution in [2.45, 2.75) is 31.1 Å². The maximum atomic E-state index is 11.5. The molecule has 15 heavy (non-hydrogen) atoms. The zero-order valence-electron chi connectivity index (χ0n) is 8.22. The monoisotopic (exact) mass is 231 g/mol. The minimum absolute atomic E-state index is 0.204. The van der Waals surface area contributed by atoms with E-state index < -0.39 is 9.84 Å². The first-order chi connectivity index (χ1) is 7.12. The van der Waals surface area contributed by atoms with E-state index in [0.29, 0.717) is 24.5 Å². The fourth-order valence-electron chi connectivity index (χ4n) is 1.80. The summed E-state index contributed by atoms with van der Waals surface area (Å²) in [6.45, 7) is -0.204. The third-order valence-electron chi connectivity index (χ3n) is 2.62. The van der Waals surface area contributed by atoms with E-state index in [4.69, 9.17) is 9.52 Å². The molecule has 1 unspecified atom stereocenters. The second kappa shape index (κ2) is 3.94. The maximum Gasteiger partial charge on any atom is 0.195 e. The van der Waals surface area contributed by atoms with E-state index in [2.05, 4.69) is 4.98 Å². The van der Waals surface area contributed by atoms with E-state index >= 15 is 0 Å². The Morgan fingerprint density at radius 1 is 1.60 bits per heavy atom. The van der Waals surface area contributed by atoms with E-state index in [0.717, 1.165) is 6.42 Å². The average molecular weight is 231 g/mol. The maximum absolute atomic E-state index is 11.5. The summed E-state index contributed by atoms with van der Waals surface area (Å²) in [6, 6.07) is 0. The summed E-state index contributed by atoms with van der Waals surface area (Å²) in [7, 11) is -2.95. The first-order valence-corrected chi connectivity index (χ1v) is 6.59. The van der Waals surface area contributed by atoms with Crippen LogP contribution in [0.5, 0.6) is 0 Å². The highest BCUT2D eigenvalue weighted by atomic mass is 32.2. The van der Waals surface area contributed by atoms with Crippen molar-refractivity contribution in [1.82, 2.24) is 4.98 Å². The Hall–Kier alpha value is -0.880. The number of sulfone groups is 1. The van der Waals surface area contributed by atoms with Crippen molar-refractivity contribution in [1.29, 1.82) is 0 Å². The Morgan fingerprint density at radius 2 is 2.40 bits per heavy atom. The molecule has 1 aliphatic rings. The smallest absolute Gasteiger partial charge is 0.195 e. The molecule has 0 bridgehead atoms. The van der Waals surface area contributed by atoms with Crippen LogP contribution in [-0.4, -0.2) is 29.5 Å². The molecule has 0 amide bonds. The molecule has 1 aliphatic heterocycles. The number of oxazole rings is 1. The molecule has 2 heterocycles. The van der Waals surface area contributed by atoms with Gasteiger partial charge in [0.1, 0.15) is 12.4 Å². The van der Waals surface area contributed by atoms with E-state index in [1.54, 1.807) is 0 Å². The molecule has 84 valence electrons. The standard InChI is InChI=1S/C9H13NO4S/c11-6-7-5-10-9(14-7)4-8-2-1-3-15(8,12)13/h5,8,11H,1-4,6H2. The van der Waals surface area contributed by atoms with Gasteiger partial charge in [-0.25, -0.2) is 13.4 Å². The van der Waals surface area contributed by atoms with Crippen molar-refractivity contribution in [3.8, 4) is 0 Å². The fourth-order valence-corrected chi connectivity index (χ4v) is 3.62. The highest BCUT2D eigenvalue weighted by molar-refractivity contribution is 7.92.